The summed E-state index contributed by atoms with van der Waals surface area (Å²) in [6, 6.07) is 8.98. The molecule has 3 rings (SSSR count). The second-order valence-electron chi connectivity index (χ2n) is 4.80. The Balaban J connectivity index is 1.80. The minimum absolute atomic E-state index is 0.0449. The summed E-state index contributed by atoms with van der Waals surface area (Å²) in [6.45, 7) is 1.14. The molecule has 0 atom stereocenters. The average molecular weight is 322 g/mol. The molecule has 0 spiro atoms. The SMILES string of the molecule is O=C(Nc1ccc(F)c(Cl)c1)c1ccc2c(c1)OCCCO2. The van der Waals surface area contributed by atoms with Gasteiger partial charge in [-0.25, -0.2) is 4.39 Å². The van der Waals surface area contributed by atoms with Crippen molar-refractivity contribution in [2.75, 3.05) is 18.5 Å². The number of nitrogens with one attached hydrogen (secondary N) is 1. The van der Waals surface area contributed by atoms with E-state index in [0.29, 0.717) is 36.0 Å². The normalized spacial score (nSPS) is 13.4. The highest BCUT2D eigenvalue weighted by molar-refractivity contribution is 6.31. The van der Waals surface area contributed by atoms with Gasteiger partial charge in [0.05, 0.1) is 18.2 Å². The molecule has 114 valence electrons. The third kappa shape index (κ3) is 3.14. The molecule has 1 heterocycles. The van der Waals surface area contributed by atoms with Crippen molar-refractivity contribution in [2.45, 2.75) is 6.42 Å². The van der Waals surface area contributed by atoms with Crippen molar-refractivity contribution in [1.82, 2.24) is 0 Å². The standard InChI is InChI=1S/C16H13ClFNO3/c17-12-9-11(3-4-13(12)18)19-16(20)10-2-5-14-15(8-10)22-7-1-6-21-14/h2-5,8-9H,1,6-7H2,(H,19,20). The van der Waals surface area contributed by atoms with Crippen LogP contribution in [-0.2, 0) is 0 Å². The first kappa shape index (κ1) is 14.7. The smallest absolute Gasteiger partial charge is 0.255 e. The average Bonchev–Trinajstić information content (AvgIpc) is 2.75. The minimum atomic E-state index is -0.532. The maximum Gasteiger partial charge on any atom is 0.255 e. The molecular formula is C16H13ClFNO3. The molecule has 1 aliphatic rings. The van der Waals surface area contributed by atoms with Gasteiger partial charge in [-0.05, 0) is 36.4 Å². The van der Waals surface area contributed by atoms with Crippen LogP contribution in [0.1, 0.15) is 16.8 Å². The van der Waals surface area contributed by atoms with Gasteiger partial charge in [-0.15, -0.1) is 0 Å². The van der Waals surface area contributed by atoms with Crippen LogP contribution in [0.4, 0.5) is 10.1 Å². The number of hydrogen-bond donors (Lipinski definition) is 1. The monoisotopic (exact) mass is 321 g/mol. The van der Waals surface area contributed by atoms with Crippen LogP contribution in [-0.4, -0.2) is 19.1 Å². The van der Waals surface area contributed by atoms with E-state index in [0.717, 1.165) is 6.42 Å². The number of carbonyl (C=O) groups excluding carboxylic acids is 1. The summed E-state index contributed by atoms with van der Waals surface area (Å²) in [4.78, 5) is 12.2. The summed E-state index contributed by atoms with van der Waals surface area (Å²) in [5.41, 5.74) is 0.841. The van der Waals surface area contributed by atoms with Gasteiger partial charge in [-0.3, -0.25) is 4.79 Å². The molecule has 0 unspecified atom stereocenters. The highest BCUT2D eigenvalue weighted by Crippen LogP contribution is 2.30. The van der Waals surface area contributed by atoms with Crippen molar-refractivity contribution >= 4 is 23.2 Å². The first-order valence-electron chi connectivity index (χ1n) is 6.79. The van der Waals surface area contributed by atoms with Gasteiger partial charge in [0.25, 0.3) is 5.91 Å². The topological polar surface area (TPSA) is 47.6 Å². The van der Waals surface area contributed by atoms with Gasteiger partial charge in [0.2, 0.25) is 0 Å². The number of halogens is 2. The van der Waals surface area contributed by atoms with Crippen LogP contribution in [0.3, 0.4) is 0 Å². The molecule has 4 nitrogen and oxygen atoms in total. The van der Waals surface area contributed by atoms with Gasteiger partial charge in [-0.1, -0.05) is 11.6 Å². The second-order valence-corrected chi connectivity index (χ2v) is 5.20. The zero-order chi connectivity index (χ0) is 15.5. The van der Waals surface area contributed by atoms with E-state index >= 15 is 0 Å². The maximum absolute atomic E-state index is 13.1. The molecule has 0 radical (unpaired) electrons. The van der Waals surface area contributed by atoms with Gasteiger partial charge in [0.1, 0.15) is 5.82 Å². The lowest BCUT2D eigenvalue weighted by Crippen LogP contribution is -2.12. The molecule has 0 saturated carbocycles. The molecule has 0 aliphatic carbocycles. The van der Waals surface area contributed by atoms with Crippen LogP contribution in [0, 0.1) is 5.82 Å². The van der Waals surface area contributed by atoms with E-state index in [-0.39, 0.29) is 10.9 Å². The Kier molecular flexibility index (Phi) is 4.15. The van der Waals surface area contributed by atoms with E-state index in [1.807, 2.05) is 0 Å². The fourth-order valence-electron chi connectivity index (χ4n) is 2.08. The van der Waals surface area contributed by atoms with E-state index in [1.54, 1.807) is 18.2 Å². The van der Waals surface area contributed by atoms with E-state index in [2.05, 4.69) is 5.32 Å². The van der Waals surface area contributed by atoms with Crippen LogP contribution < -0.4 is 14.8 Å². The Hall–Kier alpha value is -2.27. The van der Waals surface area contributed by atoms with Crippen LogP contribution >= 0.6 is 11.6 Å². The van der Waals surface area contributed by atoms with E-state index in [9.17, 15) is 9.18 Å². The van der Waals surface area contributed by atoms with Crippen LogP contribution in [0.15, 0.2) is 36.4 Å². The number of carbonyl (C=O) groups is 1. The quantitative estimate of drug-likeness (QED) is 0.912. The first-order chi connectivity index (χ1) is 10.6. The molecule has 6 heteroatoms. The highest BCUT2D eigenvalue weighted by atomic mass is 35.5. The third-order valence-corrected chi connectivity index (χ3v) is 3.48. The highest BCUT2D eigenvalue weighted by Gasteiger charge is 2.14. The summed E-state index contributed by atoms with van der Waals surface area (Å²) in [7, 11) is 0. The lowest BCUT2D eigenvalue weighted by atomic mass is 10.2. The number of hydrogen-bond acceptors (Lipinski definition) is 3. The lowest BCUT2D eigenvalue weighted by Gasteiger charge is -2.10. The molecule has 1 amide bonds. The number of fused-ring (bicyclic) bond motifs is 1. The largest absolute Gasteiger partial charge is 0.490 e. The summed E-state index contributed by atoms with van der Waals surface area (Å²) in [5, 5.41) is 2.62. The van der Waals surface area contributed by atoms with Gasteiger partial charge in [0.15, 0.2) is 11.5 Å². The van der Waals surface area contributed by atoms with Gasteiger partial charge >= 0.3 is 0 Å². The van der Waals surface area contributed by atoms with Gasteiger partial charge in [0, 0.05) is 17.7 Å². The first-order valence-corrected chi connectivity index (χ1v) is 7.17. The van der Waals surface area contributed by atoms with Crippen molar-refractivity contribution in [3.8, 4) is 11.5 Å². The zero-order valence-corrected chi connectivity index (χ0v) is 12.3. The summed E-state index contributed by atoms with van der Waals surface area (Å²) >= 11 is 5.69. The molecule has 0 bridgehead atoms. The fourth-order valence-corrected chi connectivity index (χ4v) is 2.26. The van der Waals surface area contributed by atoms with E-state index < -0.39 is 5.82 Å². The van der Waals surface area contributed by atoms with Crippen molar-refractivity contribution in [3.05, 3.63) is 52.8 Å². The molecule has 2 aromatic carbocycles. The number of benzene rings is 2. The predicted octanol–water partition coefficient (Wildman–Crippen LogP) is 3.89. The molecule has 0 aromatic heterocycles. The molecule has 1 aliphatic heterocycles. The molecule has 1 N–H and O–H groups in total. The molecule has 0 fully saturated rings. The Bertz CT molecular complexity index is 721. The maximum atomic E-state index is 13.1. The Morgan fingerprint density at radius 2 is 1.86 bits per heavy atom. The van der Waals surface area contributed by atoms with Crippen LogP contribution in [0.2, 0.25) is 5.02 Å². The number of ether oxygens (including phenoxy) is 2. The second kappa shape index (κ2) is 6.23. The van der Waals surface area contributed by atoms with Crippen molar-refractivity contribution in [3.63, 3.8) is 0 Å². The number of rotatable bonds is 2. The van der Waals surface area contributed by atoms with Gasteiger partial charge in [-0.2, -0.15) is 0 Å². The van der Waals surface area contributed by atoms with Crippen molar-refractivity contribution in [1.29, 1.82) is 0 Å². The zero-order valence-electron chi connectivity index (χ0n) is 11.6. The van der Waals surface area contributed by atoms with E-state index in [1.165, 1.54) is 18.2 Å². The van der Waals surface area contributed by atoms with Crippen molar-refractivity contribution in [2.24, 2.45) is 0 Å². The fraction of sp³-hybridized carbons (Fsp3) is 0.188. The third-order valence-electron chi connectivity index (χ3n) is 3.19. The summed E-state index contributed by atoms with van der Waals surface area (Å²) < 4.78 is 24.2. The summed E-state index contributed by atoms with van der Waals surface area (Å²) in [5.74, 6) is 0.301. The molecule has 0 saturated heterocycles. The van der Waals surface area contributed by atoms with E-state index in [4.69, 9.17) is 21.1 Å². The molecule has 22 heavy (non-hydrogen) atoms. The number of anilines is 1. The number of amides is 1. The minimum Gasteiger partial charge on any atom is -0.490 e. The molecular weight excluding hydrogens is 309 g/mol. The van der Waals surface area contributed by atoms with Crippen LogP contribution in [0.25, 0.3) is 0 Å². The van der Waals surface area contributed by atoms with Crippen LogP contribution in [0.5, 0.6) is 11.5 Å². The Morgan fingerprint density at radius 1 is 1.09 bits per heavy atom. The molecule has 2 aromatic rings. The summed E-state index contributed by atoms with van der Waals surface area (Å²) in [6.07, 6.45) is 0.796. The lowest BCUT2D eigenvalue weighted by molar-refractivity contribution is 0.102. The Labute approximate surface area is 131 Å². The Morgan fingerprint density at radius 3 is 2.64 bits per heavy atom. The van der Waals surface area contributed by atoms with Gasteiger partial charge < -0.3 is 14.8 Å². The predicted molar refractivity (Wildman–Crippen MR) is 81.4 cm³/mol. The van der Waals surface area contributed by atoms with Crippen molar-refractivity contribution < 1.29 is 18.7 Å².